The summed E-state index contributed by atoms with van der Waals surface area (Å²) in [7, 11) is 0. The molecule has 0 saturated carbocycles. The average Bonchev–Trinajstić information content (AvgIpc) is 3.29. The molecule has 0 fully saturated rings. The summed E-state index contributed by atoms with van der Waals surface area (Å²) in [6.07, 6.45) is 0.719. The van der Waals surface area contributed by atoms with Crippen LogP contribution in [0, 0.1) is 25.2 Å². The van der Waals surface area contributed by atoms with Crippen LogP contribution >= 0.6 is 0 Å². The maximum Gasteiger partial charge on any atom is 0.248 e. The van der Waals surface area contributed by atoms with E-state index in [2.05, 4.69) is 67.4 Å². The molecular formula is C28H27N5O2. The monoisotopic (exact) mass is 465 g/mol. The number of fused-ring (bicyclic) bond motifs is 3. The number of benzene rings is 2. The van der Waals surface area contributed by atoms with Gasteiger partial charge in [0.15, 0.2) is 0 Å². The molecule has 6 rings (SSSR count). The van der Waals surface area contributed by atoms with Crippen molar-refractivity contribution in [3.05, 3.63) is 87.4 Å². The van der Waals surface area contributed by atoms with Crippen LogP contribution in [-0.2, 0) is 15.6 Å². The number of H-pyrrole nitrogens is 1. The number of carbonyl (C=O) groups is 1. The van der Waals surface area contributed by atoms with Gasteiger partial charge in [-0.25, -0.2) is 0 Å². The van der Waals surface area contributed by atoms with Gasteiger partial charge in [-0.3, -0.25) is 9.89 Å². The highest BCUT2D eigenvalue weighted by molar-refractivity contribution is 6.16. The van der Waals surface area contributed by atoms with E-state index in [4.69, 9.17) is 10.5 Å². The van der Waals surface area contributed by atoms with Gasteiger partial charge in [0.05, 0.1) is 11.3 Å². The number of nitrogens with zero attached hydrogens (tertiary/aromatic N) is 3. The first-order chi connectivity index (χ1) is 16.6. The second kappa shape index (κ2) is 6.54. The minimum atomic E-state index is -1.42. The van der Waals surface area contributed by atoms with E-state index < -0.39 is 11.0 Å². The van der Waals surface area contributed by atoms with Gasteiger partial charge < -0.3 is 15.4 Å². The number of ether oxygens (including phenoxy) is 1. The zero-order valence-electron chi connectivity index (χ0n) is 20.5. The third kappa shape index (κ3) is 2.39. The predicted molar refractivity (Wildman–Crippen MR) is 132 cm³/mol. The lowest BCUT2D eigenvalue weighted by molar-refractivity contribution is -0.122. The standard InChI is InChI=1S/C28H27N5O2/c1-15-11-18-22-19(12-15)28(20(13-29)23(30)35-24-21(28)16(2)31-32-24)25(34)33(22)26(3,4)14-27(18,5)17-9-7-6-8-10-17/h6-12H,14,30H2,1-5H3,(H,31,32)/t27-,28-/m1/s1. The van der Waals surface area contributed by atoms with Crippen molar-refractivity contribution in [2.24, 2.45) is 5.73 Å². The number of aromatic amines is 1. The van der Waals surface area contributed by atoms with Crippen molar-refractivity contribution in [2.75, 3.05) is 4.90 Å². The van der Waals surface area contributed by atoms with Crippen LogP contribution < -0.4 is 15.4 Å². The summed E-state index contributed by atoms with van der Waals surface area (Å²) >= 11 is 0. The fourth-order valence-corrected chi connectivity index (χ4v) is 6.80. The van der Waals surface area contributed by atoms with Gasteiger partial charge in [-0.1, -0.05) is 55.0 Å². The topological polar surface area (TPSA) is 108 Å². The summed E-state index contributed by atoms with van der Waals surface area (Å²) in [4.78, 5) is 16.6. The van der Waals surface area contributed by atoms with E-state index in [1.807, 2.05) is 30.9 Å². The number of rotatable bonds is 1. The molecule has 2 aromatic carbocycles. The van der Waals surface area contributed by atoms with Crippen LogP contribution in [0.3, 0.4) is 0 Å². The van der Waals surface area contributed by atoms with E-state index in [0.29, 0.717) is 11.3 Å². The highest BCUT2D eigenvalue weighted by Crippen LogP contribution is 2.63. The maximum atomic E-state index is 14.7. The van der Waals surface area contributed by atoms with Gasteiger partial charge in [-0.15, -0.1) is 5.10 Å². The number of aryl methyl sites for hydroxylation is 2. The van der Waals surface area contributed by atoms with Gasteiger partial charge in [0.25, 0.3) is 0 Å². The summed E-state index contributed by atoms with van der Waals surface area (Å²) in [6, 6.07) is 16.9. The Morgan fingerprint density at radius 2 is 1.83 bits per heavy atom. The third-order valence-corrected chi connectivity index (χ3v) is 8.03. The SMILES string of the molecule is Cc1cc2c3c(c1)[C@@]1(C(=O)N3C(C)(C)C[C@]2(C)c2ccccc2)C(C#N)=C(N)Oc2n[nH]c(C)c21. The van der Waals surface area contributed by atoms with Crippen molar-refractivity contribution in [2.45, 2.75) is 57.4 Å². The molecule has 3 aromatic rings. The second-order valence-corrected chi connectivity index (χ2v) is 10.8. The predicted octanol–water partition coefficient (Wildman–Crippen LogP) is 4.23. The molecule has 1 amide bonds. The van der Waals surface area contributed by atoms with Crippen molar-refractivity contribution in [3.63, 3.8) is 0 Å². The van der Waals surface area contributed by atoms with Crippen LogP contribution in [0.2, 0.25) is 0 Å². The first kappa shape index (κ1) is 21.5. The molecule has 3 N–H and O–H groups in total. The third-order valence-electron chi connectivity index (χ3n) is 8.03. The molecule has 176 valence electrons. The maximum absolute atomic E-state index is 14.7. The Morgan fingerprint density at radius 3 is 2.51 bits per heavy atom. The Hall–Kier alpha value is -4.05. The lowest BCUT2D eigenvalue weighted by Gasteiger charge is -2.50. The van der Waals surface area contributed by atoms with Crippen molar-refractivity contribution in [1.29, 1.82) is 5.26 Å². The quantitative estimate of drug-likeness (QED) is 0.559. The van der Waals surface area contributed by atoms with E-state index in [1.54, 1.807) is 0 Å². The van der Waals surface area contributed by atoms with Crippen molar-refractivity contribution >= 4 is 11.6 Å². The summed E-state index contributed by atoms with van der Waals surface area (Å²) in [5.41, 5.74) is 10.2. The van der Waals surface area contributed by atoms with E-state index >= 15 is 0 Å². The first-order valence-electron chi connectivity index (χ1n) is 11.8. The number of aromatic nitrogens is 2. The number of nitrogens with one attached hydrogen (secondary N) is 1. The van der Waals surface area contributed by atoms with Crippen molar-refractivity contribution < 1.29 is 9.53 Å². The van der Waals surface area contributed by atoms with Crippen molar-refractivity contribution in [1.82, 2.24) is 10.2 Å². The Labute approximate surface area is 204 Å². The molecule has 3 aliphatic rings. The van der Waals surface area contributed by atoms with Gasteiger partial charge in [0.2, 0.25) is 17.7 Å². The highest BCUT2D eigenvalue weighted by atomic mass is 16.5. The first-order valence-corrected chi connectivity index (χ1v) is 11.8. The number of nitriles is 1. The molecule has 7 nitrogen and oxygen atoms in total. The van der Waals surface area contributed by atoms with E-state index in [0.717, 1.165) is 28.8 Å². The van der Waals surface area contributed by atoms with E-state index in [9.17, 15) is 10.1 Å². The number of nitrogens with two attached hydrogens (primary N) is 1. The molecule has 0 saturated heterocycles. The summed E-state index contributed by atoms with van der Waals surface area (Å²) in [6.45, 7) is 10.3. The number of anilines is 1. The minimum absolute atomic E-state index is 0.0846. The lowest BCUT2D eigenvalue weighted by atomic mass is 9.64. The summed E-state index contributed by atoms with van der Waals surface area (Å²) < 4.78 is 5.74. The molecule has 3 aliphatic heterocycles. The molecule has 0 radical (unpaired) electrons. The van der Waals surface area contributed by atoms with Gasteiger partial charge in [-0.2, -0.15) is 5.26 Å². The summed E-state index contributed by atoms with van der Waals surface area (Å²) in [5.74, 6) is -0.0299. The van der Waals surface area contributed by atoms with Crippen LogP contribution in [0.5, 0.6) is 5.88 Å². The van der Waals surface area contributed by atoms with Crippen molar-refractivity contribution in [3.8, 4) is 11.9 Å². The molecule has 7 heteroatoms. The smallest absolute Gasteiger partial charge is 0.248 e. The normalized spacial score (nSPS) is 25.8. The number of amides is 1. The molecule has 1 spiro atoms. The molecule has 4 heterocycles. The Balaban J connectivity index is 1.79. The fourth-order valence-electron chi connectivity index (χ4n) is 6.80. The van der Waals surface area contributed by atoms with Crippen LogP contribution in [0.15, 0.2) is 53.9 Å². The molecule has 2 atom stereocenters. The van der Waals surface area contributed by atoms with E-state index in [1.165, 1.54) is 5.56 Å². The number of carbonyl (C=O) groups excluding carboxylic acids is 1. The molecule has 35 heavy (non-hydrogen) atoms. The Bertz CT molecular complexity index is 1510. The molecule has 0 bridgehead atoms. The van der Waals surface area contributed by atoms with Crippen LogP contribution in [0.1, 0.15) is 60.7 Å². The average molecular weight is 466 g/mol. The van der Waals surface area contributed by atoms with E-state index in [-0.39, 0.29) is 28.7 Å². The fraction of sp³-hybridized carbons (Fsp3) is 0.321. The Kier molecular flexibility index (Phi) is 4.01. The van der Waals surface area contributed by atoms with Gasteiger partial charge in [0.1, 0.15) is 17.1 Å². The Morgan fingerprint density at radius 1 is 1.14 bits per heavy atom. The van der Waals surface area contributed by atoms with Crippen LogP contribution in [0.25, 0.3) is 0 Å². The molecule has 1 aromatic heterocycles. The largest absolute Gasteiger partial charge is 0.420 e. The second-order valence-electron chi connectivity index (χ2n) is 10.8. The van der Waals surface area contributed by atoms with Crippen LogP contribution in [-0.4, -0.2) is 21.6 Å². The lowest BCUT2D eigenvalue weighted by Crippen LogP contribution is -2.57. The molecule has 0 unspecified atom stereocenters. The molecular weight excluding hydrogens is 438 g/mol. The minimum Gasteiger partial charge on any atom is -0.420 e. The van der Waals surface area contributed by atoms with Gasteiger partial charge >= 0.3 is 0 Å². The number of hydrogen-bond acceptors (Lipinski definition) is 5. The highest BCUT2D eigenvalue weighted by Gasteiger charge is 2.65. The van der Waals surface area contributed by atoms with Gasteiger partial charge in [0, 0.05) is 22.2 Å². The zero-order valence-corrected chi connectivity index (χ0v) is 20.5. The summed E-state index contributed by atoms with van der Waals surface area (Å²) in [5, 5.41) is 17.6. The molecule has 0 aliphatic carbocycles. The van der Waals surface area contributed by atoms with Crippen LogP contribution in [0.4, 0.5) is 5.69 Å². The van der Waals surface area contributed by atoms with Gasteiger partial charge in [-0.05, 0) is 45.2 Å². The number of hydrogen-bond donors (Lipinski definition) is 2. The zero-order chi connectivity index (χ0) is 24.9.